The first-order valence-corrected chi connectivity index (χ1v) is 8.81. The summed E-state index contributed by atoms with van der Waals surface area (Å²) in [4.78, 5) is 40.8. The molecule has 1 fully saturated rings. The number of nitrogens with zero attached hydrogens (tertiary/aromatic N) is 2. The minimum Gasteiger partial charge on any atom is -0.301 e. The molecule has 132 valence electrons. The second-order valence-corrected chi connectivity index (χ2v) is 7.09. The average molecular weight is 369 g/mol. The fourth-order valence-electron chi connectivity index (χ4n) is 4.02. The predicted molar refractivity (Wildman–Crippen MR) is 96.9 cm³/mol. The molecule has 6 heteroatoms. The van der Waals surface area contributed by atoms with Crippen LogP contribution in [-0.4, -0.2) is 40.6 Å². The van der Waals surface area contributed by atoms with Crippen molar-refractivity contribution in [2.24, 2.45) is 0 Å². The van der Waals surface area contributed by atoms with E-state index in [0.717, 1.165) is 16.0 Å². The molecular weight excluding hydrogens is 352 g/mol. The van der Waals surface area contributed by atoms with Gasteiger partial charge in [0.15, 0.2) is 5.54 Å². The number of rotatable bonds is 3. The Morgan fingerprint density at radius 1 is 1.12 bits per heavy atom. The highest BCUT2D eigenvalue weighted by Crippen LogP contribution is 2.47. The molecule has 0 radical (unpaired) electrons. The van der Waals surface area contributed by atoms with Gasteiger partial charge >= 0.3 is 6.03 Å². The molecule has 0 aliphatic carbocycles. The molecule has 1 atom stereocenters. The lowest BCUT2D eigenvalue weighted by Crippen LogP contribution is -2.51. The molecule has 2 aromatic carbocycles. The van der Waals surface area contributed by atoms with Crippen LogP contribution in [0.3, 0.4) is 0 Å². The van der Waals surface area contributed by atoms with E-state index in [1.165, 1.54) is 6.92 Å². The van der Waals surface area contributed by atoms with Crippen LogP contribution in [0.2, 0.25) is 5.02 Å². The molecule has 1 saturated heterocycles. The fourth-order valence-corrected chi connectivity index (χ4v) is 4.15. The summed E-state index contributed by atoms with van der Waals surface area (Å²) < 4.78 is 0. The Morgan fingerprint density at radius 3 is 2.50 bits per heavy atom. The summed E-state index contributed by atoms with van der Waals surface area (Å²) in [6.45, 7) is 1.57. The maximum absolute atomic E-state index is 13.5. The lowest BCUT2D eigenvalue weighted by atomic mass is 9.76. The van der Waals surface area contributed by atoms with Gasteiger partial charge in [0, 0.05) is 11.6 Å². The van der Waals surface area contributed by atoms with Crippen molar-refractivity contribution in [3.05, 3.63) is 70.2 Å². The highest BCUT2D eigenvalue weighted by Gasteiger charge is 2.61. The summed E-state index contributed by atoms with van der Waals surface area (Å²) in [6.07, 6.45) is 0.665. The van der Waals surface area contributed by atoms with E-state index in [-0.39, 0.29) is 18.2 Å². The Labute approximate surface area is 156 Å². The summed E-state index contributed by atoms with van der Waals surface area (Å²) in [5, 5.41) is 0.554. The molecule has 4 rings (SSSR count). The number of urea groups is 1. The van der Waals surface area contributed by atoms with E-state index in [2.05, 4.69) is 0 Å². The van der Waals surface area contributed by atoms with Gasteiger partial charge in [0.05, 0.1) is 6.54 Å². The molecule has 5 nitrogen and oxygen atoms in total. The third kappa shape index (κ3) is 2.20. The highest BCUT2D eigenvalue weighted by atomic mass is 35.5. The minimum atomic E-state index is -1.24. The van der Waals surface area contributed by atoms with Crippen LogP contribution in [0.25, 0.3) is 0 Å². The maximum atomic E-state index is 13.5. The van der Waals surface area contributed by atoms with Gasteiger partial charge in [-0.2, -0.15) is 0 Å². The van der Waals surface area contributed by atoms with Gasteiger partial charge in [-0.3, -0.25) is 14.5 Å². The van der Waals surface area contributed by atoms with Gasteiger partial charge < -0.3 is 4.90 Å². The van der Waals surface area contributed by atoms with Crippen molar-refractivity contribution in [1.82, 2.24) is 9.80 Å². The fraction of sp³-hybridized carbons (Fsp3) is 0.250. The van der Waals surface area contributed by atoms with Crippen molar-refractivity contribution in [2.45, 2.75) is 18.9 Å². The van der Waals surface area contributed by atoms with Gasteiger partial charge in [-0.1, -0.05) is 48.0 Å². The second-order valence-electron chi connectivity index (χ2n) is 6.65. The van der Waals surface area contributed by atoms with Gasteiger partial charge in [0.25, 0.3) is 5.91 Å². The number of halogens is 1. The van der Waals surface area contributed by atoms with E-state index >= 15 is 0 Å². The second kappa shape index (κ2) is 5.95. The Kier molecular flexibility index (Phi) is 3.84. The molecular formula is C20H17ClN2O3. The Morgan fingerprint density at radius 2 is 1.81 bits per heavy atom. The van der Waals surface area contributed by atoms with E-state index in [1.807, 2.05) is 24.3 Å². The summed E-state index contributed by atoms with van der Waals surface area (Å²) in [5.74, 6) is -0.613. The molecule has 2 heterocycles. The van der Waals surface area contributed by atoms with Crippen molar-refractivity contribution in [2.75, 3.05) is 13.1 Å². The van der Waals surface area contributed by atoms with Crippen LogP contribution in [0.15, 0.2) is 48.5 Å². The number of Topliss-reactive ketones (excluding diaryl/α,β-unsaturated/α-hetero) is 1. The van der Waals surface area contributed by atoms with Gasteiger partial charge in [-0.25, -0.2) is 4.79 Å². The largest absolute Gasteiger partial charge is 0.328 e. The summed E-state index contributed by atoms with van der Waals surface area (Å²) in [6, 6.07) is 14.2. The SMILES string of the molecule is CC(=O)CN1C(=O)N2CCc3ccccc3[C@@]2(c2ccc(Cl)cc2)C1=O. The van der Waals surface area contributed by atoms with E-state index < -0.39 is 11.6 Å². The number of benzene rings is 2. The molecule has 2 aromatic rings. The topological polar surface area (TPSA) is 57.7 Å². The lowest BCUT2D eigenvalue weighted by molar-refractivity contribution is -0.134. The molecule has 0 unspecified atom stereocenters. The normalized spacial score (nSPS) is 21.6. The molecule has 3 amide bonds. The minimum absolute atomic E-state index is 0.217. The number of amides is 3. The maximum Gasteiger partial charge on any atom is 0.328 e. The van der Waals surface area contributed by atoms with E-state index in [4.69, 9.17) is 11.6 Å². The van der Waals surface area contributed by atoms with Crippen molar-refractivity contribution in [3.8, 4) is 0 Å². The first-order valence-electron chi connectivity index (χ1n) is 8.43. The summed E-state index contributed by atoms with van der Waals surface area (Å²) >= 11 is 6.03. The zero-order chi connectivity index (χ0) is 18.5. The number of hydrogen-bond acceptors (Lipinski definition) is 3. The number of imide groups is 1. The molecule has 0 N–H and O–H groups in total. The van der Waals surface area contributed by atoms with Crippen LogP contribution in [0.4, 0.5) is 4.79 Å². The zero-order valence-corrected chi connectivity index (χ0v) is 15.0. The summed E-state index contributed by atoms with van der Waals surface area (Å²) in [5.41, 5.74) is 1.26. The lowest BCUT2D eigenvalue weighted by Gasteiger charge is -2.41. The molecule has 2 aliphatic rings. The van der Waals surface area contributed by atoms with Crippen LogP contribution in [-0.2, 0) is 21.5 Å². The predicted octanol–water partition coefficient (Wildman–Crippen LogP) is 2.99. The van der Waals surface area contributed by atoms with Crippen molar-refractivity contribution < 1.29 is 14.4 Å². The van der Waals surface area contributed by atoms with Crippen LogP contribution >= 0.6 is 11.6 Å². The van der Waals surface area contributed by atoms with Crippen molar-refractivity contribution >= 4 is 29.3 Å². The number of hydrogen-bond donors (Lipinski definition) is 0. The van der Waals surface area contributed by atoms with Gasteiger partial charge in [0.1, 0.15) is 5.78 Å². The molecule has 0 bridgehead atoms. The monoisotopic (exact) mass is 368 g/mol. The van der Waals surface area contributed by atoms with Crippen LogP contribution < -0.4 is 0 Å². The van der Waals surface area contributed by atoms with Crippen LogP contribution in [0.5, 0.6) is 0 Å². The molecule has 26 heavy (non-hydrogen) atoms. The number of carbonyl (C=O) groups excluding carboxylic acids is 3. The third-order valence-electron chi connectivity index (χ3n) is 5.08. The standard InChI is InChI=1S/C20H17ClN2O3/c1-13(24)12-22-18(25)20(15-6-8-16(21)9-7-15)17-5-3-2-4-14(17)10-11-23(20)19(22)26/h2-9H,10-12H2,1H3/t20-/m0/s1. The Balaban J connectivity index is 1.99. The van der Waals surface area contributed by atoms with Crippen LogP contribution in [0.1, 0.15) is 23.6 Å². The first kappa shape index (κ1) is 16.8. The van der Waals surface area contributed by atoms with E-state index in [9.17, 15) is 14.4 Å². The van der Waals surface area contributed by atoms with Gasteiger partial charge in [-0.15, -0.1) is 0 Å². The summed E-state index contributed by atoms with van der Waals surface area (Å²) in [7, 11) is 0. The quantitative estimate of drug-likeness (QED) is 0.782. The number of carbonyl (C=O) groups is 3. The third-order valence-corrected chi connectivity index (χ3v) is 5.33. The zero-order valence-electron chi connectivity index (χ0n) is 14.2. The Bertz CT molecular complexity index is 925. The smallest absolute Gasteiger partial charge is 0.301 e. The molecule has 0 spiro atoms. The molecule has 2 aliphatic heterocycles. The van der Waals surface area contributed by atoms with Crippen LogP contribution in [0, 0.1) is 0 Å². The van der Waals surface area contributed by atoms with Crippen molar-refractivity contribution in [3.63, 3.8) is 0 Å². The molecule has 0 saturated carbocycles. The van der Waals surface area contributed by atoms with Gasteiger partial charge in [0.2, 0.25) is 0 Å². The Hall–Kier alpha value is -2.66. The average Bonchev–Trinajstić information content (AvgIpc) is 2.84. The first-order chi connectivity index (χ1) is 12.5. The van der Waals surface area contributed by atoms with E-state index in [1.54, 1.807) is 29.2 Å². The van der Waals surface area contributed by atoms with E-state index in [0.29, 0.717) is 23.6 Å². The number of fused-ring (bicyclic) bond motifs is 3. The van der Waals surface area contributed by atoms with Gasteiger partial charge in [-0.05, 0) is 42.2 Å². The number of ketones is 1. The highest BCUT2D eigenvalue weighted by molar-refractivity contribution is 6.30. The molecule has 0 aromatic heterocycles. The van der Waals surface area contributed by atoms with Crippen molar-refractivity contribution in [1.29, 1.82) is 0 Å².